The van der Waals surface area contributed by atoms with Crippen LogP contribution in [0.2, 0.25) is 0 Å². The van der Waals surface area contributed by atoms with Crippen molar-refractivity contribution >= 4 is 41.0 Å². The molecule has 0 fully saturated rings. The maximum atomic E-state index is 13.3. The second-order valence-electron chi connectivity index (χ2n) is 5.42. The molecule has 0 saturated carbocycles. The average Bonchev–Trinajstić information content (AvgIpc) is 2.95. The molecule has 0 saturated heterocycles. The summed E-state index contributed by atoms with van der Waals surface area (Å²) < 4.78 is 25.8. The molecule has 6 nitrogen and oxygen atoms in total. The molecule has 0 atom stereocenters. The van der Waals surface area contributed by atoms with Gasteiger partial charge in [-0.2, -0.15) is 0 Å². The number of thiazole rings is 1. The third kappa shape index (κ3) is 3.79. The molecule has 1 aromatic heterocycles. The van der Waals surface area contributed by atoms with Gasteiger partial charge in [-0.3, -0.25) is 9.36 Å². The first-order valence-electron chi connectivity index (χ1n) is 7.75. The van der Waals surface area contributed by atoms with Gasteiger partial charge in [-0.1, -0.05) is 17.4 Å². The summed E-state index contributed by atoms with van der Waals surface area (Å²) in [6, 6.07) is 10.8. The maximum absolute atomic E-state index is 13.3. The van der Waals surface area contributed by atoms with Gasteiger partial charge >= 0.3 is 0 Å². The summed E-state index contributed by atoms with van der Waals surface area (Å²) in [5.41, 5.74) is 7.11. The van der Waals surface area contributed by atoms with Crippen molar-refractivity contribution in [3.05, 3.63) is 57.1 Å². The lowest BCUT2D eigenvalue weighted by Crippen LogP contribution is -2.13. The zero-order valence-electron chi connectivity index (χ0n) is 14.5. The zero-order valence-corrected chi connectivity index (χ0v) is 16.1. The van der Waals surface area contributed by atoms with Gasteiger partial charge < -0.3 is 20.5 Å². The minimum absolute atomic E-state index is 0.169. The lowest BCUT2D eigenvalue weighted by molar-refractivity contribution is 0.103. The fraction of sp³-hybridized carbons (Fsp3) is 0.111. The van der Waals surface area contributed by atoms with Gasteiger partial charge in [0, 0.05) is 11.8 Å². The Morgan fingerprint density at radius 1 is 1.22 bits per heavy atom. The van der Waals surface area contributed by atoms with Gasteiger partial charge in [-0.05, 0) is 42.5 Å². The van der Waals surface area contributed by atoms with E-state index in [-0.39, 0.29) is 10.7 Å². The van der Waals surface area contributed by atoms with E-state index in [0.717, 1.165) is 11.3 Å². The molecule has 0 aliphatic rings. The van der Waals surface area contributed by atoms with Gasteiger partial charge in [-0.15, -0.1) is 0 Å². The van der Waals surface area contributed by atoms with Gasteiger partial charge in [0.2, 0.25) is 0 Å². The maximum Gasteiger partial charge on any atom is 0.269 e. The number of methoxy groups -OCH3 is 2. The highest BCUT2D eigenvalue weighted by molar-refractivity contribution is 7.73. The van der Waals surface area contributed by atoms with Crippen LogP contribution in [0.3, 0.4) is 0 Å². The molecule has 0 unspecified atom stereocenters. The van der Waals surface area contributed by atoms with E-state index < -0.39 is 11.7 Å². The van der Waals surface area contributed by atoms with E-state index in [9.17, 15) is 9.18 Å². The van der Waals surface area contributed by atoms with Crippen LogP contribution < -0.4 is 20.5 Å². The van der Waals surface area contributed by atoms with Gasteiger partial charge in [0.15, 0.2) is 3.95 Å². The lowest BCUT2D eigenvalue weighted by atomic mass is 10.2. The number of halogens is 1. The first kappa shape index (κ1) is 18.9. The molecule has 27 heavy (non-hydrogen) atoms. The predicted octanol–water partition coefficient (Wildman–Crippen LogP) is 4.26. The topological polar surface area (TPSA) is 78.5 Å². The summed E-state index contributed by atoms with van der Waals surface area (Å²) in [5.74, 6) is 0.351. The Bertz CT molecular complexity index is 1060. The normalized spacial score (nSPS) is 10.5. The minimum Gasteiger partial charge on any atom is -0.497 e. The molecule has 3 aromatic rings. The van der Waals surface area contributed by atoms with Crippen molar-refractivity contribution in [1.82, 2.24) is 4.57 Å². The van der Waals surface area contributed by atoms with Gasteiger partial charge in [0.25, 0.3) is 5.91 Å². The van der Waals surface area contributed by atoms with Crippen LogP contribution in [0.1, 0.15) is 9.67 Å². The molecule has 2 aromatic carbocycles. The molecule has 1 amide bonds. The van der Waals surface area contributed by atoms with Crippen LogP contribution in [0.15, 0.2) is 42.5 Å². The monoisotopic (exact) mass is 405 g/mol. The van der Waals surface area contributed by atoms with E-state index in [2.05, 4.69) is 5.32 Å². The Hall–Kier alpha value is -2.91. The fourth-order valence-electron chi connectivity index (χ4n) is 2.50. The molecule has 3 rings (SSSR count). The Kier molecular flexibility index (Phi) is 5.43. The number of carbonyl (C=O) groups is 1. The lowest BCUT2D eigenvalue weighted by Gasteiger charge is -2.12. The largest absolute Gasteiger partial charge is 0.497 e. The Balaban J connectivity index is 2.00. The predicted molar refractivity (Wildman–Crippen MR) is 106 cm³/mol. The standard InChI is InChI=1S/C18H16FN3O3S2/c1-24-12-6-7-13(14(9-12)25-2)22-16(20)15(27-18(22)26)17(23)21-11-5-3-4-10(19)8-11/h3-9H,20H2,1-2H3,(H,21,23). The van der Waals surface area contributed by atoms with Crippen LogP contribution >= 0.6 is 23.6 Å². The van der Waals surface area contributed by atoms with Crippen molar-refractivity contribution in [3.8, 4) is 17.2 Å². The third-order valence-electron chi connectivity index (χ3n) is 3.76. The molecule has 140 valence electrons. The number of anilines is 2. The Morgan fingerprint density at radius 3 is 2.67 bits per heavy atom. The number of benzene rings is 2. The van der Waals surface area contributed by atoms with E-state index in [1.54, 1.807) is 35.9 Å². The summed E-state index contributed by atoms with van der Waals surface area (Å²) in [7, 11) is 3.07. The highest BCUT2D eigenvalue weighted by atomic mass is 32.1. The number of rotatable bonds is 5. The first-order valence-corrected chi connectivity index (χ1v) is 8.97. The molecule has 1 heterocycles. The van der Waals surface area contributed by atoms with E-state index >= 15 is 0 Å². The van der Waals surface area contributed by atoms with Crippen molar-refractivity contribution in [1.29, 1.82) is 0 Å². The molecule has 3 N–H and O–H groups in total. The molecule has 0 aliphatic carbocycles. The van der Waals surface area contributed by atoms with Crippen molar-refractivity contribution < 1.29 is 18.7 Å². The first-order chi connectivity index (χ1) is 12.9. The SMILES string of the molecule is COc1ccc(-n2c(N)c(C(=O)Nc3cccc(F)c3)sc2=S)c(OC)c1. The number of aromatic nitrogens is 1. The molecule has 0 radical (unpaired) electrons. The number of hydrogen-bond acceptors (Lipinski definition) is 6. The average molecular weight is 405 g/mol. The Morgan fingerprint density at radius 2 is 2.00 bits per heavy atom. The summed E-state index contributed by atoms with van der Waals surface area (Å²) in [5, 5.41) is 2.62. The van der Waals surface area contributed by atoms with Crippen LogP contribution in [0.25, 0.3) is 5.69 Å². The summed E-state index contributed by atoms with van der Waals surface area (Å²) in [6.07, 6.45) is 0. The molecule has 0 aliphatic heterocycles. The third-order valence-corrected chi connectivity index (χ3v) is 5.15. The highest BCUT2D eigenvalue weighted by Gasteiger charge is 2.20. The highest BCUT2D eigenvalue weighted by Crippen LogP contribution is 2.34. The number of ether oxygens (including phenoxy) is 2. The number of hydrogen-bond donors (Lipinski definition) is 2. The quantitative estimate of drug-likeness (QED) is 0.620. The zero-order chi connectivity index (χ0) is 19.6. The van der Waals surface area contributed by atoms with E-state index in [4.69, 9.17) is 27.4 Å². The molecule has 0 spiro atoms. The van der Waals surface area contributed by atoms with E-state index in [0.29, 0.717) is 26.8 Å². The Labute approximate surface area is 164 Å². The molecule has 0 bridgehead atoms. The van der Waals surface area contributed by atoms with Crippen LogP contribution in [-0.2, 0) is 0 Å². The fourth-order valence-corrected chi connectivity index (χ4v) is 3.75. The number of nitrogen functional groups attached to an aromatic ring is 1. The number of nitrogens with two attached hydrogens (primary N) is 1. The van der Waals surface area contributed by atoms with Crippen molar-refractivity contribution in [3.63, 3.8) is 0 Å². The van der Waals surface area contributed by atoms with Gasteiger partial charge in [-0.25, -0.2) is 4.39 Å². The number of amides is 1. The van der Waals surface area contributed by atoms with Crippen molar-refractivity contribution in [2.24, 2.45) is 0 Å². The summed E-state index contributed by atoms with van der Waals surface area (Å²) in [4.78, 5) is 12.8. The van der Waals surface area contributed by atoms with E-state index in [1.165, 1.54) is 25.3 Å². The summed E-state index contributed by atoms with van der Waals surface area (Å²) >= 11 is 6.45. The van der Waals surface area contributed by atoms with Crippen LogP contribution in [-0.4, -0.2) is 24.7 Å². The second-order valence-corrected chi connectivity index (χ2v) is 7.06. The van der Waals surface area contributed by atoms with Crippen LogP contribution in [0, 0.1) is 9.77 Å². The van der Waals surface area contributed by atoms with Gasteiger partial charge in [0.05, 0.1) is 19.9 Å². The van der Waals surface area contributed by atoms with Crippen molar-refractivity contribution in [2.75, 3.05) is 25.3 Å². The summed E-state index contributed by atoms with van der Waals surface area (Å²) in [6.45, 7) is 0. The number of nitrogens with one attached hydrogen (secondary N) is 1. The molecular weight excluding hydrogens is 389 g/mol. The van der Waals surface area contributed by atoms with Crippen LogP contribution in [0.4, 0.5) is 15.9 Å². The van der Waals surface area contributed by atoms with Crippen LogP contribution in [0.5, 0.6) is 11.5 Å². The number of nitrogens with zero attached hydrogens (tertiary/aromatic N) is 1. The smallest absolute Gasteiger partial charge is 0.269 e. The number of carbonyl (C=O) groups excluding carboxylic acids is 1. The van der Waals surface area contributed by atoms with E-state index in [1.807, 2.05) is 0 Å². The van der Waals surface area contributed by atoms with Gasteiger partial charge in [0.1, 0.15) is 28.0 Å². The molecular formula is C18H16FN3O3S2. The van der Waals surface area contributed by atoms with Crippen molar-refractivity contribution in [2.45, 2.75) is 0 Å². The minimum atomic E-state index is -0.472. The second kappa shape index (κ2) is 7.77. The molecule has 9 heteroatoms.